The van der Waals surface area contributed by atoms with Gasteiger partial charge in [0.05, 0.1) is 6.04 Å². The molecule has 0 radical (unpaired) electrons. The van der Waals surface area contributed by atoms with Crippen molar-refractivity contribution < 1.29 is 10.0 Å². The molecule has 3 aromatic carbocycles. The number of rotatable bonds is 5. The van der Waals surface area contributed by atoms with Gasteiger partial charge in [0.25, 0.3) is 5.91 Å². The molecule has 1 amide bonds. The van der Waals surface area contributed by atoms with E-state index in [1.807, 2.05) is 37.3 Å². The van der Waals surface area contributed by atoms with E-state index in [0.29, 0.717) is 12.1 Å². The first-order chi connectivity index (χ1) is 15.2. The van der Waals surface area contributed by atoms with Crippen LogP contribution in [0.25, 0.3) is 10.8 Å². The number of hydroxylamine groups is 1. The Hall–Kier alpha value is -2.69. The van der Waals surface area contributed by atoms with E-state index in [4.69, 9.17) is 0 Å². The highest BCUT2D eigenvalue weighted by Crippen LogP contribution is 2.46. The second-order valence-electron chi connectivity index (χ2n) is 10.3. The summed E-state index contributed by atoms with van der Waals surface area (Å²) in [5.74, 6) is -0.0621. The SMILES string of the molecule is CCNC(=O)c1ccc2cc(C(NO)c3ccc4c(c3)C(C)(C)CCC4(C)C)ccc2c1. The van der Waals surface area contributed by atoms with Crippen LogP contribution in [0.4, 0.5) is 0 Å². The first-order valence-electron chi connectivity index (χ1n) is 11.5. The fourth-order valence-corrected chi connectivity index (χ4v) is 4.98. The standard InChI is InChI=1S/C28H34N2O2/c1-6-29-26(31)22-10-8-18-15-20(9-7-19(18)16-22)25(30-32)21-11-12-23-24(17-21)28(4,5)14-13-27(23,2)3/h7-12,15-17,25,30,32H,6,13-14H2,1-5H3,(H,29,31). The van der Waals surface area contributed by atoms with Crippen molar-refractivity contribution in [1.82, 2.24) is 10.8 Å². The Morgan fingerprint density at radius 3 is 2.16 bits per heavy atom. The van der Waals surface area contributed by atoms with Crippen LogP contribution >= 0.6 is 0 Å². The number of fused-ring (bicyclic) bond motifs is 2. The Balaban J connectivity index is 1.72. The number of hydrogen-bond donors (Lipinski definition) is 3. The zero-order chi connectivity index (χ0) is 23.1. The number of carbonyl (C=O) groups is 1. The highest BCUT2D eigenvalue weighted by molar-refractivity contribution is 5.98. The van der Waals surface area contributed by atoms with E-state index in [0.717, 1.165) is 28.3 Å². The van der Waals surface area contributed by atoms with Crippen molar-refractivity contribution in [2.75, 3.05) is 6.54 Å². The summed E-state index contributed by atoms with van der Waals surface area (Å²) < 4.78 is 0. The lowest BCUT2D eigenvalue weighted by atomic mass is 9.63. The molecule has 1 aliphatic rings. The van der Waals surface area contributed by atoms with Crippen molar-refractivity contribution in [2.45, 2.75) is 64.3 Å². The quantitative estimate of drug-likeness (QED) is 0.435. The van der Waals surface area contributed by atoms with E-state index in [1.165, 1.54) is 17.5 Å². The molecule has 3 N–H and O–H groups in total. The lowest BCUT2D eigenvalue weighted by Gasteiger charge is -2.42. The average Bonchev–Trinajstić information content (AvgIpc) is 2.77. The van der Waals surface area contributed by atoms with Crippen LogP contribution in [-0.4, -0.2) is 17.7 Å². The van der Waals surface area contributed by atoms with E-state index in [1.54, 1.807) is 0 Å². The smallest absolute Gasteiger partial charge is 0.251 e. The van der Waals surface area contributed by atoms with Crippen LogP contribution in [0.1, 0.15) is 86.1 Å². The van der Waals surface area contributed by atoms with Crippen molar-refractivity contribution >= 4 is 16.7 Å². The number of nitrogens with one attached hydrogen (secondary N) is 2. The van der Waals surface area contributed by atoms with Gasteiger partial charge in [-0.2, -0.15) is 5.48 Å². The van der Waals surface area contributed by atoms with Gasteiger partial charge in [-0.1, -0.05) is 64.1 Å². The summed E-state index contributed by atoms with van der Waals surface area (Å²) >= 11 is 0. The predicted octanol–water partition coefficient (Wildman–Crippen LogP) is 6.01. The number of amides is 1. The third kappa shape index (κ3) is 4.05. The summed E-state index contributed by atoms with van der Waals surface area (Å²) in [6.07, 6.45) is 2.33. The minimum atomic E-state index is -0.325. The van der Waals surface area contributed by atoms with Gasteiger partial charge in [0.2, 0.25) is 0 Å². The van der Waals surface area contributed by atoms with Crippen LogP contribution in [0.5, 0.6) is 0 Å². The van der Waals surface area contributed by atoms with Crippen LogP contribution in [0.2, 0.25) is 0 Å². The normalized spacial score (nSPS) is 17.6. The molecule has 32 heavy (non-hydrogen) atoms. The van der Waals surface area contributed by atoms with Gasteiger partial charge >= 0.3 is 0 Å². The largest absolute Gasteiger partial charge is 0.352 e. The molecule has 0 aromatic heterocycles. The van der Waals surface area contributed by atoms with E-state index in [-0.39, 0.29) is 22.8 Å². The van der Waals surface area contributed by atoms with E-state index >= 15 is 0 Å². The molecule has 1 atom stereocenters. The van der Waals surface area contributed by atoms with Gasteiger partial charge in [-0.05, 0) is 81.8 Å². The molecule has 0 bridgehead atoms. The molecule has 0 saturated carbocycles. The van der Waals surface area contributed by atoms with E-state index in [2.05, 4.69) is 62.8 Å². The Morgan fingerprint density at radius 2 is 1.47 bits per heavy atom. The minimum absolute atomic E-state index is 0.0621. The maximum absolute atomic E-state index is 12.2. The van der Waals surface area contributed by atoms with Crippen molar-refractivity contribution in [3.05, 3.63) is 82.4 Å². The lowest BCUT2D eigenvalue weighted by Crippen LogP contribution is -2.34. The number of benzene rings is 3. The Morgan fingerprint density at radius 1 is 0.875 bits per heavy atom. The molecule has 0 saturated heterocycles. The zero-order valence-electron chi connectivity index (χ0n) is 19.8. The molecule has 4 heteroatoms. The molecule has 4 rings (SSSR count). The maximum atomic E-state index is 12.2. The Bertz CT molecular complexity index is 1160. The highest BCUT2D eigenvalue weighted by atomic mass is 16.5. The van der Waals surface area contributed by atoms with Crippen molar-refractivity contribution in [2.24, 2.45) is 0 Å². The van der Waals surface area contributed by atoms with Crippen LogP contribution in [-0.2, 0) is 10.8 Å². The minimum Gasteiger partial charge on any atom is -0.352 e. The summed E-state index contributed by atoms with van der Waals surface area (Å²) in [5, 5.41) is 15.0. The molecule has 3 aromatic rings. The van der Waals surface area contributed by atoms with Gasteiger partial charge in [0.1, 0.15) is 0 Å². The molecule has 1 aliphatic carbocycles. The number of hydrogen-bond acceptors (Lipinski definition) is 3. The summed E-state index contributed by atoms with van der Waals surface area (Å²) in [5.41, 5.74) is 8.28. The maximum Gasteiger partial charge on any atom is 0.251 e. The highest BCUT2D eigenvalue weighted by Gasteiger charge is 2.37. The molecular formula is C28H34N2O2. The predicted molar refractivity (Wildman–Crippen MR) is 130 cm³/mol. The molecule has 0 aliphatic heterocycles. The van der Waals surface area contributed by atoms with E-state index < -0.39 is 0 Å². The lowest BCUT2D eigenvalue weighted by molar-refractivity contribution is 0.0956. The van der Waals surface area contributed by atoms with Crippen LogP contribution in [0, 0.1) is 0 Å². The zero-order valence-corrected chi connectivity index (χ0v) is 19.8. The van der Waals surface area contributed by atoms with Crippen LogP contribution in [0.3, 0.4) is 0 Å². The van der Waals surface area contributed by atoms with Crippen molar-refractivity contribution in [3.8, 4) is 0 Å². The monoisotopic (exact) mass is 430 g/mol. The summed E-state index contributed by atoms with van der Waals surface area (Å²) in [4.78, 5) is 12.2. The van der Waals surface area contributed by atoms with Gasteiger partial charge in [-0.15, -0.1) is 0 Å². The van der Waals surface area contributed by atoms with Gasteiger partial charge in [0, 0.05) is 12.1 Å². The fourth-order valence-electron chi connectivity index (χ4n) is 4.98. The summed E-state index contributed by atoms with van der Waals surface area (Å²) in [6, 6.07) is 18.2. The van der Waals surface area contributed by atoms with Gasteiger partial charge in [-0.3, -0.25) is 4.79 Å². The Labute approximate surface area is 191 Å². The second-order valence-corrected chi connectivity index (χ2v) is 10.3. The summed E-state index contributed by atoms with van der Waals surface area (Å²) in [7, 11) is 0. The topological polar surface area (TPSA) is 61.4 Å². The summed E-state index contributed by atoms with van der Waals surface area (Å²) in [6.45, 7) is 11.8. The van der Waals surface area contributed by atoms with Crippen LogP contribution in [0.15, 0.2) is 54.6 Å². The van der Waals surface area contributed by atoms with Crippen molar-refractivity contribution in [3.63, 3.8) is 0 Å². The first-order valence-corrected chi connectivity index (χ1v) is 11.5. The van der Waals surface area contributed by atoms with Gasteiger partial charge < -0.3 is 10.5 Å². The Kier molecular flexibility index (Phi) is 5.87. The third-order valence-corrected chi connectivity index (χ3v) is 7.14. The fraction of sp³-hybridized carbons (Fsp3) is 0.393. The van der Waals surface area contributed by atoms with Crippen LogP contribution < -0.4 is 10.8 Å². The van der Waals surface area contributed by atoms with Gasteiger partial charge in [-0.25, -0.2) is 0 Å². The average molecular weight is 431 g/mol. The van der Waals surface area contributed by atoms with Gasteiger partial charge in [0.15, 0.2) is 0 Å². The number of carbonyl (C=O) groups excluding carboxylic acids is 1. The molecule has 0 heterocycles. The molecule has 0 spiro atoms. The van der Waals surface area contributed by atoms with Crippen molar-refractivity contribution in [1.29, 1.82) is 0 Å². The molecule has 1 unspecified atom stereocenters. The molecular weight excluding hydrogens is 396 g/mol. The first kappa shape index (κ1) is 22.5. The molecule has 0 fully saturated rings. The second kappa shape index (κ2) is 8.34. The third-order valence-electron chi connectivity index (χ3n) is 7.14. The molecule has 4 nitrogen and oxygen atoms in total. The molecule has 168 valence electrons. The van der Waals surface area contributed by atoms with E-state index in [9.17, 15) is 10.0 Å².